The van der Waals surface area contributed by atoms with E-state index < -0.39 is 9.84 Å². The molecule has 0 saturated heterocycles. The molecule has 0 unspecified atom stereocenters. The van der Waals surface area contributed by atoms with Crippen molar-refractivity contribution in [1.82, 2.24) is 10.3 Å². The van der Waals surface area contributed by atoms with Crippen molar-refractivity contribution < 1.29 is 13.2 Å². The van der Waals surface area contributed by atoms with Crippen molar-refractivity contribution in [2.75, 3.05) is 5.32 Å². The van der Waals surface area contributed by atoms with Gasteiger partial charge in [0.1, 0.15) is 0 Å². The standard InChI is InChI=1S/C21H20ClN3O3S/c1-15-4-5-18(22)11-17(15)14-29(27,28)20-8-6-19(7-9-20)25-21(26)24-13-16-3-2-10-23-12-16/h2-12H,13-14H2,1H3,(H2,24,25,26). The fraction of sp³-hybridized carbons (Fsp3) is 0.143. The van der Waals surface area contributed by atoms with Crippen molar-refractivity contribution in [3.8, 4) is 0 Å². The number of aromatic nitrogens is 1. The molecule has 3 aromatic rings. The third-order valence-corrected chi connectivity index (χ3v) is 6.22. The van der Waals surface area contributed by atoms with Crippen LogP contribution in [0.5, 0.6) is 0 Å². The Kier molecular flexibility index (Phi) is 6.51. The van der Waals surface area contributed by atoms with E-state index in [1.165, 1.54) is 12.1 Å². The minimum atomic E-state index is -3.54. The molecule has 0 aliphatic carbocycles. The Bertz CT molecular complexity index is 1100. The van der Waals surface area contributed by atoms with Gasteiger partial charge in [-0.1, -0.05) is 23.7 Å². The highest BCUT2D eigenvalue weighted by atomic mass is 35.5. The topological polar surface area (TPSA) is 88.2 Å². The predicted molar refractivity (Wildman–Crippen MR) is 114 cm³/mol. The van der Waals surface area contributed by atoms with Gasteiger partial charge >= 0.3 is 6.03 Å². The molecule has 2 aromatic carbocycles. The highest BCUT2D eigenvalue weighted by Crippen LogP contribution is 2.23. The Hall–Kier alpha value is -2.90. The monoisotopic (exact) mass is 429 g/mol. The summed E-state index contributed by atoms with van der Waals surface area (Å²) in [5.41, 5.74) is 2.89. The number of pyridine rings is 1. The second-order valence-corrected chi connectivity index (χ2v) is 8.95. The van der Waals surface area contributed by atoms with Crippen LogP contribution < -0.4 is 10.6 Å². The molecule has 29 heavy (non-hydrogen) atoms. The van der Waals surface area contributed by atoms with Gasteiger partial charge in [0.25, 0.3) is 0 Å². The number of sulfone groups is 1. The molecule has 0 spiro atoms. The van der Waals surface area contributed by atoms with Crippen LogP contribution in [0.25, 0.3) is 0 Å². The van der Waals surface area contributed by atoms with E-state index in [1.807, 2.05) is 13.0 Å². The Morgan fingerprint density at radius 2 is 1.86 bits per heavy atom. The van der Waals surface area contributed by atoms with Gasteiger partial charge in [-0.15, -0.1) is 0 Å². The van der Waals surface area contributed by atoms with Gasteiger partial charge < -0.3 is 10.6 Å². The van der Waals surface area contributed by atoms with Crippen LogP contribution >= 0.6 is 11.6 Å². The number of benzene rings is 2. The first-order valence-electron chi connectivity index (χ1n) is 8.85. The van der Waals surface area contributed by atoms with Gasteiger partial charge in [0, 0.05) is 29.6 Å². The van der Waals surface area contributed by atoms with Gasteiger partial charge in [-0.05, 0) is 66.1 Å². The van der Waals surface area contributed by atoms with Crippen LogP contribution in [0.15, 0.2) is 71.9 Å². The minimum Gasteiger partial charge on any atom is -0.334 e. The van der Waals surface area contributed by atoms with Crippen molar-refractivity contribution in [3.63, 3.8) is 0 Å². The van der Waals surface area contributed by atoms with E-state index in [0.717, 1.165) is 11.1 Å². The number of carbonyl (C=O) groups excluding carboxylic acids is 1. The number of rotatable bonds is 6. The molecule has 8 heteroatoms. The largest absolute Gasteiger partial charge is 0.334 e. The first-order valence-corrected chi connectivity index (χ1v) is 10.9. The maximum atomic E-state index is 12.7. The second-order valence-electron chi connectivity index (χ2n) is 6.52. The van der Waals surface area contributed by atoms with E-state index in [1.54, 1.807) is 48.8 Å². The van der Waals surface area contributed by atoms with E-state index in [4.69, 9.17) is 11.6 Å². The summed E-state index contributed by atoms with van der Waals surface area (Å²) >= 11 is 5.98. The maximum Gasteiger partial charge on any atom is 0.319 e. The van der Waals surface area contributed by atoms with E-state index in [-0.39, 0.29) is 16.7 Å². The molecule has 0 saturated carbocycles. The Morgan fingerprint density at radius 1 is 1.10 bits per heavy atom. The van der Waals surface area contributed by atoms with Crippen LogP contribution in [0.3, 0.4) is 0 Å². The summed E-state index contributed by atoms with van der Waals surface area (Å²) in [5.74, 6) is -0.141. The van der Waals surface area contributed by atoms with E-state index in [9.17, 15) is 13.2 Å². The third kappa shape index (κ3) is 5.79. The Labute approximate surface area is 174 Å². The molecule has 2 amide bonds. The van der Waals surface area contributed by atoms with Crippen LogP contribution in [-0.4, -0.2) is 19.4 Å². The molecule has 150 valence electrons. The van der Waals surface area contributed by atoms with Crippen LogP contribution in [-0.2, 0) is 22.1 Å². The molecule has 0 aliphatic heterocycles. The summed E-state index contributed by atoms with van der Waals surface area (Å²) in [6.45, 7) is 2.18. The number of hydrogen-bond donors (Lipinski definition) is 2. The van der Waals surface area contributed by atoms with Crippen molar-refractivity contribution in [2.45, 2.75) is 24.1 Å². The minimum absolute atomic E-state index is 0.141. The summed E-state index contributed by atoms with van der Waals surface area (Å²) in [6.07, 6.45) is 3.33. The summed E-state index contributed by atoms with van der Waals surface area (Å²) < 4.78 is 25.4. The zero-order valence-corrected chi connectivity index (χ0v) is 17.3. The molecule has 1 heterocycles. The zero-order valence-electron chi connectivity index (χ0n) is 15.7. The number of urea groups is 1. The smallest absolute Gasteiger partial charge is 0.319 e. The zero-order chi connectivity index (χ0) is 20.9. The van der Waals surface area contributed by atoms with Crippen LogP contribution in [0.2, 0.25) is 5.02 Å². The fourth-order valence-corrected chi connectivity index (χ4v) is 4.32. The molecule has 0 bridgehead atoms. The van der Waals surface area contributed by atoms with Crippen LogP contribution in [0, 0.1) is 6.92 Å². The quantitative estimate of drug-likeness (QED) is 0.610. The molecule has 0 fully saturated rings. The van der Waals surface area contributed by atoms with E-state index in [0.29, 0.717) is 22.8 Å². The predicted octanol–water partition coefficient (Wildman–Crippen LogP) is 4.34. The Morgan fingerprint density at radius 3 is 2.55 bits per heavy atom. The van der Waals surface area contributed by atoms with Crippen molar-refractivity contribution in [1.29, 1.82) is 0 Å². The molecule has 0 atom stereocenters. The second kappa shape index (κ2) is 9.07. The van der Waals surface area contributed by atoms with Gasteiger partial charge in [0.15, 0.2) is 9.84 Å². The van der Waals surface area contributed by atoms with Crippen molar-refractivity contribution in [3.05, 3.63) is 88.7 Å². The molecule has 6 nitrogen and oxygen atoms in total. The van der Waals surface area contributed by atoms with Gasteiger partial charge in [-0.3, -0.25) is 4.98 Å². The summed E-state index contributed by atoms with van der Waals surface area (Å²) in [5, 5.41) is 5.89. The highest BCUT2D eigenvalue weighted by molar-refractivity contribution is 7.90. The van der Waals surface area contributed by atoms with Crippen LogP contribution in [0.1, 0.15) is 16.7 Å². The number of halogens is 1. The SMILES string of the molecule is Cc1ccc(Cl)cc1CS(=O)(=O)c1ccc(NC(=O)NCc2cccnc2)cc1. The molecule has 3 rings (SSSR count). The van der Waals surface area contributed by atoms with E-state index in [2.05, 4.69) is 15.6 Å². The molecule has 2 N–H and O–H groups in total. The normalized spacial score (nSPS) is 11.1. The first kappa shape index (κ1) is 20.8. The summed E-state index contributed by atoms with van der Waals surface area (Å²) in [6, 6.07) is 14.5. The number of anilines is 1. The molecule has 1 aromatic heterocycles. The lowest BCUT2D eigenvalue weighted by molar-refractivity contribution is 0.251. The average Bonchev–Trinajstić information content (AvgIpc) is 2.70. The number of nitrogens with one attached hydrogen (secondary N) is 2. The summed E-state index contributed by atoms with van der Waals surface area (Å²) in [4.78, 5) is 16.2. The first-order chi connectivity index (χ1) is 13.8. The van der Waals surface area contributed by atoms with Crippen molar-refractivity contribution >= 4 is 33.2 Å². The Balaban J connectivity index is 1.63. The number of aryl methyl sites for hydroxylation is 1. The average molecular weight is 430 g/mol. The van der Waals surface area contributed by atoms with Gasteiger partial charge in [-0.25, -0.2) is 13.2 Å². The maximum absolute atomic E-state index is 12.7. The van der Waals surface area contributed by atoms with Gasteiger partial charge in [0.05, 0.1) is 10.6 Å². The molecule has 0 radical (unpaired) electrons. The molecular formula is C21H20ClN3O3S. The molecule has 0 aliphatic rings. The number of nitrogens with zero attached hydrogens (tertiary/aromatic N) is 1. The lowest BCUT2D eigenvalue weighted by atomic mass is 10.1. The van der Waals surface area contributed by atoms with Gasteiger partial charge in [0.2, 0.25) is 0 Å². The number of hydrogen-bond acceptors (Lipinski definition) is 4. The number of carbonyl (C=O) groups is 1. The third-order valence-electron chi connectivity index (χ3n) is 4.30. The number of amides is 2. The highest BCUT2D eigenvalue weighted by Gasteiger charge is 2.17. The van der Waals surface area contributed by atoms with Crippen molar-refractivity contribution in [2.24, 2.45) is 0 Å². The summed E-state index contributed by atoms with van der Waals surface area (Å²) in [7, 11) is -3.54. The lowest BCUT2D eigenvalue weighted by Gasteiger charge is -2.10. The fourth-order valence-electron chi connectivity index (χ4n) is 2.69. The van der Waals surface area contributed by atoms with Gasteiger partial charge in [-0.2, -0.15) is 0 Å². The van der Waals surface area contributed by atoms with E-state index >= 15 is 0 Å². The van der Waals surface area contributed by atoms with Crippen LogP contribution in [0.4, 0.5) is 10.5 Å². The lowest BCUT2D eigenvalue weighted by Crippen LogP contribution is -2.28. The molecular weight excluding hydrogens is 410 g/mol.